The lowest BCUT2D eigenvalue weighted by Crippen LogP contribution is -2.41. The fourth-order valence-corrected chi connectivity index (χ4v) is 4.00. The molecule has 5 heteroatoms. The van der Waals surface area contributed by atoms with Crippen molar-refractivity contribution in [1.82, 2.24) is 15.5 Å². The van der Waals surface area contributed by atoms with Crippen LogP contribution in [0.15, 0.2) is 29.3 Å². The van der Waals surface area contributed by atoms with Gasteiger partial charge in [-0.2, -0.15) is 0 Å². The van der Waals surface area contributed by atoms with E-state index in [9.17, 15) is 0 Å². The molecule has 0 amide bonds. The first-order valence-corrected chi connectivity index (χ1v) is 10.7. The highest BCUT2D eigenvalue weighted by Crippen LogP contribution is 2.21. The van der Waals surface area contributed by atoms with Crippen LogP contribution in [0.4, 0.5) is 0 Å². The van der Waals surface area contributed by atoms with Gasteiger partial charge in [-0.1, -0.05) is 30.7 Å². The van der Waals surface area contributed by atoms with Crippen LogP contribution in [0.2, 0.25) is 0 Å². The SMILES string of the molecule is CCNC(=NCc1ccccc1CN1CCCCC1C)NCC1CCCO1. The topological polar surface area (TPSA) is 48.9 Å². The monoisotopic (exact) mass is 372 g/mol. The lowest BCUT2D eigenvalue weighted by atomic mass is 10.0. The third-order valence-electron chi connectivity index (χ3n) is 5.71. The Morgan fingerprint density at radius 2 is 2.00 bits per heavy atom. The van der Waals surface area contributed by atoms with Gasteiger partial charge in [0, 0.05) is 32.3 Å². The van der Waals surface area contributed by atoms with Crippen molar-refractivity contribution in [3.63, 3.8) is 0 Å². The summed E-state index contributed by atoms with van der Waals surface area (Å²) in [5.41, 5.74) is 2.73. The highest BCUT2D eigenvalue weighted by molar-refractivity contribution is 5.79. The summed E-state index contributed by atoms with van der Waals surface area (Å²) < 4.78 is 5.71. The van der Waals surface area contributed by atoms with Gasteiger partial charge >= 0.3 is 0 Å². The van der Waals surface area contributed by atoms with Crippen LogP contribution in [-0.2, 0) is 17.8 Å². The molecular formula is C22H36N4O. The molecule has 0 spiro atoms. The van der Waals surface area contributed by atoms with Gasteiger partial charge in [0.05, 0.1) is 12.6 Å². The predicted octanol–water partition coefficient (Wildman–Crippen LogP) is 3.30. The zero-order valence-corrected chi connectivity index (χ0v) is 17.0. The number of guanidine groups is 1. The number of hydrogen-bond acceptors (Lipinski definition) is 3. The van der Waals surface area contributed by atoms with Crippen molar-refractivity contribution in [2.24, 2.45) is 4.99 Å². The van der Waals surface area contributed by atoms with Gasteiger partial charge in [0.15, 0.2) is 5.96 Å². The van der Waals surface area contributed by atoms with Crippen molar-refractivity contribution in [1.29, 1.82) is 0 Å². The molecule has 0 radical (unpaired) electrons. The molecule has 2 atom stereocenters. The minimum Gasteiger partial charge on any atom is -0.376 e. The highest BCUT2D eigenvalue weighted by Gasteiger charge is 2.19. The zero-order chi connectivity index (χ0) is 18.9. The second-order valence-corrected chi connectivity index (χ2v) is 7.80. The largest absolute Gasteiger partial charge is 0.376 e. The number of likely N-dealkylation sites (tertiary alicyclic amines) is 1. The standard InChI is InChI=1S/C22H36N4O/c1-3-23-22(25-16-21-12-8-14-27-21)24-15-19-10-4-5-11-20(19)17-26-13-7-6-9-18(26)2/h4-5,10-11,18,21H,3,6-9,12-17H2,1-2H3,(H2,23,24,25). The van der Waals surface area contributed by atoms with E-state index in [-0.39, 0.29) is 0 Å². The lowest BCUT2D eigenvalue weighted by molar-refractivity contribution is 0.114. The Hall–Kier alpha value is -1.59. The summed E-state index contributed by atoms with van der Waals surface area (Å²) in [5, 5.41) is 6.80. The molecule has 2 aliphatic rings. The molecule has 1 aromatic carbocycles. The average molecular weight is 373 g/mol. The summed E-state index contributed by atoms with van der Waals surface area (Å²) in [4.78, 5) is 7.46. The molecule has 3 rings (SSSR count). The molecule has 0 bridgehead atoms. The normalized spacial score (nSPS) is 24.1. The first-order chi connectivity index (χ1) is 13.3. The number of hydrogen-bond donors (Lipinski definition) is 2. The van der Waals surface area contributed by atoms with Crippen LogP contribution in [0.1, 0.15) is 57.1 Å². The van der Waals surface area contributed by atoms with E-state index in [4.69, 9.17) is 9.73 Å². The summed E-state index contributed by atoms with van der Waals surface area (Å²) in [5.74, 6) is 0.883. The van der Waals surface area contributed by atoms with Crippen LogP contribution in [0.25, 0.3) is 0 Å². The number of rotatable bonds is 7. The minimum absolute atomic E-state index is 0.321. The van der Waals surface area contributed by atoms with E-state index >= 15 is 0 Å². The first-order valence-electron chi connectivity index (χ1n) is 10.7. The summed E-state index contributed by atoms with van der Waals surface area (Å²) in [7, 11) is 0. The Morgan fingerprint density at radius 3 is 2.74 bits per heavy atom. The van der Waals surface area contributed by atoms with Crippen LogP contribution in [0.5, 0.6) is 0 Å². The van der Waals surface area contributed by atoms with E-state index < -0.39 is 0 Å². The van der Waals surface area contributed by atoms with E-state index in [1.807, 2.05) is 0 Å². The molecule has 2 N–H and O–H groups in total. The number of ether oxygens (including phenoxy) is 1. The van der Waals surface area contributed by atoms with Crippen molar-refractivity contribution in [2.45, 2.75) is 71.2 Å². The Bertz CT molecular complexity index is 598. The molecule has 2 heterocycles. The Morgan fingerprint density at radius 1 is 1.15 bits per heavy atom. The Kier molecular flexibility index (Phi) is 7.96. The van der Waals surface area contributed by atoms with Crippen molar-refractivity contribution >= 4 is 5.96 Å². The zero-order valence-electron chi connectivity index (χ0n) is 17.0. The maximum Gasteiger partial charge on any atom is 0.191 e. The van der Waals surface area contributed by atoms with E-state index in [2.05, 4.69) is 53.6 Å². The minimum atomic E-state index is 0.321. The van der Waals surface area contributed by atoms with Crippen LogP contribution >= 0.6 is 0 Å². The van der Waals surface area contributed by atoms with Gasteiger partial charge in [0.1, 0.15) is 0 Å². The molecule has 1 aromatic rings. The van der Waals surface area contributed by atoms with Gasteiger partial charge in [-0.25, -0.2) is 4.99 Å². The highest BCUT2D eigenvalue weighted by atomic mass is 16.5. The van der Waals surface area contributed by atoms with Gasteiger partial charge in [0.25, 0.3) is 0 Å². The third-order valence-corrected chi connectivity index (χ3v) is 5.71. The lowest BCUT2D eigenvalue weighted by Gasteiger charge is -2.33. The van der Waals surface area contributed by atoms with Crippen LogP contribution in [0, 0.1) is 0 Å². The predicted molar refractivity (Wildman–Crippen MR) is 112 cm³/mol. The summed E-state index contributed by atoms with van der Waals surface area (Å²) in [6, 6.07) is 9.44. The molecule has 0 aromatic heterocycles. The van der Waals surface area contributed by atoms with Gasteiger partial charge in [-0.3, -0.25) is 4.90 Å². The van der Waals surface area contributed by atoms with Crippen LogP contribution in [-0.4, -0.2) is 49.2 Å². The van der Waals surface area contributed by atoms with Crippen molar-refractivity contribution < 1.29 is 4.74 Å². The van der Waals surface area contributed by atoms with Gasteiger partial charge in [-0.15, -0.1) is 0 Å². The number of benzene rings is 1. The molecule has 27 heavy (non-hydrogen) atoms. The smallest absolute Gasteiger partial charge is 0.191 e. The molecule has 2 aliphatic heterocycles. The fraction of sp³-hybridized carbons (Fsp3) is 0.682. The molecule has 0 saturated carbocycles. The average Bonchev–Trinajstić information content (AvgIpc) is 3.20. The summed E-state index contributed by atoms with van der Waals surface area (Å²) >= 11 is 0. The third kappa shape index (κ3) is 6.22. The maximum atomic E-state index is 5.71. The van der Waals surface area contributed by atoms with Gasteiger partial charge in [-0.05, 0) is 57.2 Å². The number of aliphatic imine (C=N–C) groups is 1. The van der Waals surface area contributed by atoms with E-state index in [0.717, 1.165) is 38.6 Å². The van der Waals surface area contributed by atoms with E-state index in [1.165, 1.54) is 43.4 Å². The molecular weight excluding hydrogens is 336 g/mol. The number of nitrogens with zero attached hydrogens (tertiary/aromatic N) is 2. The first kappa shape index (κ1) is 20.2. The fourth-order valence-electron chi connectivity index (χ4n) is 4.00. The van der Waals surface area contributed by atoms with Crippen molar-refractivity contribution in [3.8, 4) is 0 Å². The molecule has 2 unspecified atom stereocenters. The van der Waals surface area contributed by atoms with E-state index in [0.29, 0.717) is 18.7 Å². The quantitative estimate of drug-likeness (QED) is 0.570. The molecule has 2 fully saturated rings. The van der Waals surface area contributed by atoms with Gasteiger partial charge < -0.3 is 15.4 Å². The molecule has 0 aliphatic carbocycles. The molecule has 2 saturated heterocycles. The molecule has 5 nitrogen and oxygen atoms in total. The summed E-state index contributed by atoms with van der Waals surface area (Å²) in [6.45, 7) is 10.0. The molecule has 150 valence electrons. The number of piperidine rings is 1. The van der Waals surface area contributed by atoms with Crippen molar-refractivity contribution in [3.05, 3.63) is 35.4 Å². The second kappa shape index (κ2) is 10.7. The van der Waals surface area contributed by atoms with Crippen LogP contribution in [0.3, 0.4) is 0 Å². The summed E-state index contributed by atoms with van der Waals surface area (Å²) in [6.07, 6.45) is 6.64. The second-order valence-electron chi connectivity index (χ2n) is 7.80. The number of nitrogens with one attached hydrogen (secondary N) is 2. The Balaban J connectivity index is 1.61. The van der Waals surface area contributed by atoms with E-state index in [1.54, 1.807) is 0 Å². The Labute approximate surface area is 164 Å². The van der Waals surface area contributed by atoms with Crippen LogP contribution < -0.4 is 10.6 Å². The maximum absolute atomic E-state index is 5.71. The van der Waals surface area contributed by atoms with Crippen molar-refractivity contribution in [2.75, 3.05) is 26.2 Å². The van der Waals surface area contributed by atoms with Gasteiger partial charge in [0.2, 0.25) is 0 Å².